The number of hydrogen-bond acceptors (Lipinski definition) is 6. The molecule has 1 N–H and O–H groups in total. The number of ether oxygens (including phenoxy) is 3. The Kier molecular flexibility index (Phi) is 6.51. The van der Waals surface area contributed by atoms with Gasteiger partial charge in [0.15, 0.2) is 5.65 Å². The van der Waals surface area contributed by atoms with Gasteiger partial charge in [0.2, 0.25) is 0 Å². The highest BCUT2D eigenvalue weighted by Gasteiger charge is 2.23. The van der Waals surface area contributed by atoms with E-state index >= 15 is 0 Å². The molecular weight excluding hydrogens is 470 g/mol. The number of methoxy groups -OCH3 is 3. The average Bonchev–Trinajstić information content (AvgIpc) is 3.28. The van der Waals surface area contributed by atoms with Gasteiger partial charge in [0.25, 0.3) is 12.3 Å². The van der Waals surface area contributed by atoms with Gasteiger partial charge in [-0.15, -0.1) is 0 Å². The van der Waals surface area contributed by atoms with Crippen molar-refractivity contribution in [2.24, 2.45) is 0 Å². The van der Waals surface area contributed by atoms with Crippen LogP contribution in [0.15, 0.2) is 48.7 Å². The molecule has 0 saturated heterocycles. The maximum absolute atomic E-state index is 13.8. The van der Waals surface area contributed by atoms with Crippen molar-refractivity contribution in [3.63, 3.8) is 0 Å². The van der Waals surface area contributed by atoms with Gasteiger partial charge in [-0.1, -0.05) is 11.6 Å². The number of carbonyl (C=O) groups is 1. The summed E-state index contributed by atoms with van der Waals surface area (Å²) in [5.74, 6) is 0.584. The normalized spacial score (nSPS) is 11.0. The van der Waals surface area contributed by atoms with Gasteiger partial charge in [-0.2, -0.15) is 5.10 Å². The Hall–Kier alpha value is -3.92. The largest absolute Gasteiger partial charge is 0.497 e. The van der Waals surface area contributed by atoms with Crippen LogP contribution in [0.2, 0.25) is 5.02 Å². The van der Waals surface area contributed by atoms with E-state index in [0.29, 0.717) is 22.1 Å². The first kappa shape index (κ1) is 23.2. The highest BCUT2D eigenvalue weighted by Crippen LogP contribution is 2.36. The van der Waals surface area contributed by atoms with Gasteiger partial charge in [0.1, 0.15) is 28.5 Å². The van der Waals surface area contributed by atoms with Crippen molar-refractivity contribution >= 4 is 28.8 Å². The van der Waals surface area contributed by atoms with E-state index in [1.54, 1.807) is 24.3 Å². The number of carbonyl (C=O) groups excluding carboxylic acids is 1. The molecule has 0 spiro atoms. The zero-order valence-electron chi connectivity index (χ0n) is 18.3. The number of fused-ring (bicyclic) bond motifs is 1. The number of benzene rings is 2. The number of amides is 1. The molecule has 4 aromatic rings. The molecule has 0 aliphatic heterocycles. The molecule has 176 valence electrons. The summed E-state index contributed by atoms with van der Waals surface area (Å²) >= 11 is 6.12. The van der Waals surface area contributed by atoms with Gasteiger partial charge in [-0.05, 0) is 30.3 Å². The number of halogens is 3. The van der Waals surface area contributed by atoms with E-state index in [9.17, 15) is 13.6 Å². The number of alkyl halides is 2. The average molecular weight is 489 g/mol. The zero-order valence-corrected chi connectivity index (χ0v) is 19.1. The Morgan fingerprint density at radius 3 is 2.35 bits per heavy atom. The van der Waals surface area contributed by atoms with Crippen molar-refractivity contribution in [1.82, 2.24) is 14.6 Å². The van der Waals surface area contributed by atoms with Crippen LogP contribution in [-0.2, 0) is 0 Å². The van der Waals surface area contributed by atoms with Crippen LogP contribution >= 0.6 is 11.6 Å². The first-order valence-electron chi connectivity index (χ1n) is 9.90. The third kappa shape index (κ3) is 4.32. The molecule has 0 aliphatic carbocycles. The van der Waals surface area contributed by atoms with Crippen LogP contribution in [0.25, 0.3) is 16.9 Å². The van der Waals surface area contributed by atoms with E-state index in [1.807, 2.05) is 0 Å². The second kappa shape index (κ2) is 9.52. The van der Waals surface area contributed by atoms with Crippen molar-refractivity contribution in [3.8, 4) is 28.5 Å². The summed E-state index contributed by atoms with van der Waals surface area (Å²) < 4.78 is 44.2. The Balaban J connectivity index is 1.79. The minimum atomic E-state index is -2.85. The topological polar surface area (TPSA) is 87.0 Å². The summed E-state index contributed by atoms with van der Waals surface area (Å²) in [7, 11) is 4.37. The fourth-order valence-electron chi connectivity index (χ4n) is 3.36. The zero-order chi connectivity index (χ0) is 24.4. The first-order valence-corrected chi connectivity index (χ1v) is 10.3. The summed E-state index contributed by atoms with van der Waals surface area (Å²) in [6.07, 6.45) is -1.67. The number of hydrogen-bond donors (Lipinski definition) is 1. The second-order valence-corrected chi connectivity index (χ2v) is 7.44. The predicted molar refractivity (Wildman–Crippen MR) is 122 cm³/mol. The van der Waals surface area contributed by atoms with Crippen LogP contribution in [0.3, 0.4) is 0 Å². The maximum Gasteiger partial charge on any atom is 0.280 e. The third-order valence-corrected chi connectivity index (χ3v) is 5.37. The predicted octanol–water partition coefficient (Wildman–Crippen LogP) is 5.27. The number of nitrogens with one attached hydrogen (secondary N) is 1. The summed E-state index contributed by atoms with van der Waals surface area (Å²) in [6, 6.07) is 11.0. The summed E-state index contributed by atoms with van der Waals surface area (Å²) in [5.41, 5.74) is 0.663. The van der Waals surface area contributed by atoms with Gasteiger partial charge in [-0.3, -0.25) is 4.79 Å². The molecule has 2 heterocycles. The van der Waals surface area contributed by atoms with E-state index in [2.05, 4.69) is 15.4 Å². The molecule has 0 fully saturated rings. The van der Waals surface area contributed by atoms with E-state index < -0.39 is 18.0 Å². The van der Waals surface area contributed by atoms with Crippen LogP contribution in [0.5, 0.6) is 17.2 Å². The van der Waals surface area contributed by atoms with Crippen molar-refractivity contribution < 1.29 is 27.8 Å². The van der Waals surface area contributed by atoms with E-state index in [-0.39, 0.29) is 28.3 Å². The highest BCUT2D eigenvalue weighted by molar-refractivity contribution is 6.32. The fourth-order valence-corrected chi connectivity index (χ4v) is 3.59. The van der Waals surface area contributed by atoms with Crippen molar-refractivity contribution in [2.75, 3.05) is 26.6 Å². The SMILES string of the molecule is COc1ccc(-c2cc(C(F)F)n3ncc(C(=O)Nc4cc(OC)c(Cl)cc4OC)c3n2)cc1. The smallest absolute Gasteiger partial charge is 0.280 e. The summed E-state index contributed by atoms with van der Waals surface area (Å²) in [4.78, 5) is 17.6. The number of anilines is 1. The number of aromatic nitrogens is 3. The van der Waals surface area contributed by atoms with Gasteiger partial charge >= 0.3 is 0 Å². The maximum atomic E-state index is 13.8. The second-order valence-electron chi connectivity index (χ2n) is 7.03. The molecule has 0 radical (unpaired) electrons. The van der Waals surface area contributed by atoms with E-state index in [1.165, 1.54) is 45.7 Å². The molecule has 0 bridgehead atoms. The van der Waals surface area contributed by atoms with E-state index in [4.69, 9.17) is 25.8 Å². The standard InChI is InChI=1S/C23H19ClF2N4O4/c1-32-13-6-4-12(5-7-13)16-9-18(21(25)26)30-22(28-16)14(11-27-30)23(31)29-17-10-19(33-2)15(24)8-20(17)34-3/h4-11,21H,1-3H3,(H,29,31). The molecular formula is C23H19ClF2N4O4. The Labute approximate surface area is 198 Å². The third-order valence-electron chi connectivity index (χ3n) is 5.08. The van der Waals surface area contributed by atoms with Crippen molar-refractivity contribution in [3.05, 3.63) is 64.9 Å². The van der Waals surface area contributed by atoms with Crippen LogP contribution in [0, 0.1) is 0 Å². The first-order chi connectivity index (χ1) is 16.4. The molecule has 1 amide bonds. The molecule has 0 atom stereocenters. The minimum absolute atomic E-state index is 0.00627. The van der Waals surface area contributed by atoms with Gasteiger partial charge in [0, 0.05) is 17.7 Å². The Bertz CT molecular complexity index is 1360. The monoisotopic (exact) mass is 488 g/mol. The summed E-state index contributed by atoms with van der Waals surface area (Å²) in [5, 5.41) is 6.94. The molecule has 0 unspecified atom stereocenters. The van der Waals surface area contributed by atoms with Gasteiger partial charge in [0.05, 0.1) is 43.9 Å². The van der Waals surface area contributed by atoms with Crippen LogP contribution in [-0.4, -0.2) is 41.8 Å². The summed E-state index contributed by atoms with van der Waals surface area (Å²) in [6.45, 7) is 0. The lowest BCUT2D eigenvalue weighted by molar-refractivity contribution is 0.102. The van der Waals surface area contributed by atoms with Gasteiger partial charge in [-0.25, -0.2) is 18.3 Å². The molecule has 34 heavy (non-hydrogen) atoms. The quantitative estimate of drug-likeness (QED) is 0.381. The lowest BCUT2D eigenvalue weighted by Crippen LogP contribution is -2.13. The van der Waals surface area contributed by atoms with E-state index in [0.717, 1.165) is 4.52 Å². The molecule has 4 rings (SSSR count). The Morgan fingerprint density at radius 2 is 1.74 bits per heavy atom. The molecule has 8 nitrogen and oxygen atoms in total. The number of nitrogens with zero attached hydrogens (tertiary/aromatic N) is 3. The lowest BCUT2D eigenvalue weighted by Gasteiger charge is -2.13. The highest BCUT2D eigenvalue weighted by atomic mass is 35.5. The Morgan fingerprint density at radius 1 is 1.03 bits per heavy atom. The lowest BCUT2D eigenvalue weighted by atomic mass is 10.1. The molecule has 0 saturated carbocycles. The molecule has 2 aromatic carbocycles. The van der Waals surface area contributed by atoms with Crippen molar-refractivity contribution in [2.45, 2.75) is 6.43 Å². The van der Waals surface area contributed by atoms with Crippen LogP contribution in [0.1, 0.15) is 22.5 Å². The molecule has 0 aliphatic rings. The van der Waals surface area contributed by atoms with Crippen LogP contribution in [0.4, 0.5) is 14.5 Å². The molecule has 11 heteroatoms. The van der Waals surface area contributed by atoms with Gasteiger partial charge < -0.3 is 19.5 Å². The van der Waals surface area contributed by atoms with Crippen molar-refractivity contribution in [1.29, 1.82) is 0 Å². The minimum Gasteiger partial charge on any atom is -0.497 e. The molecule has 2 aromatic heterocycles. The fraction of sp³-hybridized carbons (Fsp3) is 0.174. The number of rotatable bonds is 7. The van der Waals surface area contributed by atoms with Crippen LogP contribution < -0.4 is 19.5 Å².